The van der Waals surface area contributed by atoms with Gasteiger partial charge < -0.3 is 5.32 Å². The van der Waals surface area contributed by atoms with E-state index in [1.165, 1.54) is 24.3 Å². The summed E-state index contributed by atoms with van der Waals surface area (Å²) in [5.74, 6) is -0.329. The van der Waals surface area contributed by atoms with Crippen molar-refractivity contribution in [1.29, 1.82) is 0 Å². The second-order valence-electron chi connectivity index (χ2n) is 5.72. The molecule has 0 aliphatic heterocycles. The Morgan fingerprint density at radius 3 is 2.04 bits per heavy atom. The molecule has 0 radical (unpaired) electrons. The van der Waals surface area contributed by atoms with Gasteiger partial charge in [0, 0.05) is 11.8 Å². The molecule has 1 N–H and O–H groups in total. The number of nitrogens with one attached hydrogen (secondary N) is 1. The van der Waals surface area contributed by atoms with Gasteiger partial charge in [-0.3, -0.25) is 4.79 Å². The van der Waals surface area contributed by atoms with E-state index in [1.54, 1.807) is 0 Å². The third-order valence-corrected chi connectivity index (χ3v) is 3.59. The topological polar surface area (TPSA) is 29.1 Å². The van der Waals surface area contributed by atoms with Crippen LogP contribution in [0.3, 0.4) is 0 Å². The second-order valence-corrected chi connectivity index (χ2v) is 5.72. The number of anilines is 1. The van der Waals surface area contributed by atoms with Gasteiger partial charge in [-0.1, -0.05) is 29.8 Å². The van der Waals surface area contributed by atoms with Crippen molar-refractivity contribution < 1.29 is 18.0 Å². The molecule has 0 unspecified atom stereocenters. The molecule has 0 heterocycles. The van der Waals surface area contributed by atoms with E-state index in [1.807, 2.05) is 32.9 Å². The Hall–Kier alpha value is -2.56. The number of benzene rings is 2. The zero-order valence-corrected chi connectivity index (χ0v) is 13.7. The van der Waals surface area contributed by atoms with Crippen molar-refractivity contribution >= 4 is 17.7 Å². The van der Waals surface area contributed by atoms with Crippen molar-refractivity contribution in [2.45, 2.75) is 26.9 Å². The van der Waals surface area contributed by atoms with Crippen LogP contribution in [0.1, 0.15) is 27.8 Å². The van der Waals surface area contributed by atoms with Gasteiger partial charge in [0.25, 0.3) is 0 Å². The number of carbonyl (C=O) groups excluding carboxylic acids is 1. The molecule has 2 aromatic rings. The van der Waals surface area contributed by atoms with Crippen LogP contribution in [0.2, 0.25) is 0 Å². The Bertz CT molecular complexity index is 751. The van der Waals surface area contributed by atoms with E-state index in [9.17, 15) is 18.0 Å². The smallest absolute Gasteiger partial charge is 0.322 e. The van der Waals surface area contributed by atoms with Crippen LogP contribution in [0, 0.1) is 20.8 Å². The van der Waals surface area contributed by atoms with Crippen LogP contribution >= 0.6 is 0 Å². The Balaban J connectivity index is 2.09. The molecule has 5 heteroatoms. The summed E-state index contributed by atoms with van der Waals surface area (Å²) in [5, 5.41) is 2.81. The summed E-state index contributed by atoms with van der Waals surface area (Å²) in [7, 11) is 0. The summed E-state index contributed by atoms with van der Waals surface area (Å²) in [6.45, 7) is 5.81. The van der Waals surface area contributed by atoms with Crippen LogP contribution in [0.4, 0.5) is 18.9 Å². The Morgan fingerprint density at radius 2 is 1.54 bits per heavy atom. The van der Waals surface area contributed by atoms with Gasteiger partial charge in [-0.2, -0.15) is 13.2 Å². The van der Waals surface area contributed by atoms with Gasteiger partial charge in [0.15, 0.2) is 0 Å². The number of amides is 1. The molecule has 24 heavy (non-hydrogen) atoms. The third-order valence-electron chi connectivity index (χ3n) is 3.59. The summed E-state index contributed by atoms with van der Waals surface area (Å²) in [4.78, 5) is 12.0. The molecule has 2 rings (SSSR count). The van der Waals surface area contributed by atoms with Gasteiger partial charge in [0.1, 0.15) is 0 Å². The first-order valence-electron chi connectivity index (χ1n) is 7.41. The average molecular weight is 333 g/mol. The van der Waals surface area contributed by atoms with Crippen molar-refractivity contribution in [3.8, 4) is 0 Å². The van der Waals surface area contributed by atoms with Crippen molar-refractivity contribution in [2.75, 3.05) is 5.32 Å². The number of aryl methyl sites for hydroxylation is 3. The van der Waals surface area contributed by atoms with Gasteiger partial charge in [-0.25, -0.2) is 0 Å². The summed E-state index contributed by atoms with van der Waals surface area (Å²) in [6.07, 6.45) is -1.57. The number of hydrogen-bond acceptors (Lipinski definition) is 1. The fourth-order valence-corrected chi connectivity index (χ4v) is 2.50. The molecule has 0 aliphatic carbocycles. The van der Waals surface area contributed by atoms with Crippen LogP contribution in [0.25, 0.3) is 6.08 Å². The largest absolute Gasteiger partial charge is 0.416 e. The van der Waals surface area contributed by atoms with Crippen molar-refractivity contribution in [1.82, 2.24) is 0 Å². The molecule has 0 saturated heterocycles. The summed E-state index contributed by atoms with van der Waals surface area (Å²) >= 11 is 0. The minimum Gasteiger partial charge on any atom is -0.322 e. The van der Waals surface area contributed by atoms with Crippen LogP contribution in [-0.2, 0) is 11.0 Å². The standard InChI is InChI=1S/C19H18F3NO/c1-12-10-13(2)18(14(3)11-12)23-17(24)9-6-15-4-7-16(8-5-15)19(20,21)22/h4-11H,1-3H3,(H,23,24)/b9-6+. The number of hydrogen-bond donors (Lipinski definition) is 1. The van der Waals surface area contributed by atoms with Crippen LogP contribution in [0.15, 0.2) is 42.5 Å². The second kappa shape index (κ2) is 6.91. The lowest BCUT2D eigenvalue weighted by atomic mass is 10.1. The molecule has 1 amide bonds. The average Bonchev–Trinajstić information content (AvgIpc) is 2.48. The summed E-state index contributed by atoms with van der Waals surface area (Å²) < 4.78 is 37.5. The first-order chi connectivity index (χ1) is 11.2. The highest BCUT2D eigenvalue weighted by molar-refractivity contribution is 6.02. The van der Waals surface area contributed by atoms with Crippen molar-refractivity contribution in [3.63, 3.8) is 0 Å². The molecule has 126 valence electrons. The first-order valence-corrected chi connectivity index (χ1v) is 7.41. The van der Waals surface area contributed by atoms with E-state index in [0.29, 0.717) is 5.56 Å². The fourth-order valence-electron chi connectivity index (χ4n) is 2.50. The zero-order chi connectivity index (χ0) is 17.9. The predicted molar refractivity (Wildman–Crippen MR) is 89.8 cm³/mol. The quantitative estimate of drug-likeness (QED) is 0.761. The van der Waals surface area contributed by atoms with Gasteiger partial charge in [0.05, 0.1) is 5.56 Å². The maximum absolute atomic E-state index is 12.5. The molecule has 0 atom stereocenters. The van der Waals surface area contributed by atoms with Crippen LogP contribution in [-0.4, -0.2) is 5.91 Å². The maximum atomic E-state index is 12.5. The van der Waals surface area contributed by atoms with Crippen LogP contribution in [0.5, 0.6) is 0 Å². The van der Waals surface area contributed by atoms with Gasteiger partial charge in [-0.05, 0) is 55.7 Å². The highest BCUT2D eigenvalue weighted by atomic mass is 19.4. The maximum Gasteiger partial charge on any atom is 0.416 e. The molecule has 2 nitrogen and oxygen atoms in total. The van der Waals surface area contributed by atoms with E-state index in [4.69, 9.17) is 0 Å². The molecule has 0 aliphatic rings. The van der Waals surface area contributed by atoms with E-state index in [-0.39, 0.29) is 5.91 Å². The van der Waals surface area contributed by atoms with E-state index in [2.05, 4.69) is 5.32 Å². The number of rotatable bonds is 3. The van der Waals surface area contributed by atoms with Gasteiger partial charge in [0.2, 0.25) is 5.91 Å². The van der Waals surface area contributed by atoms with Gasteiger partial charge in [-0.15, -0.1) is 0 Å². The predicted octanol–water partition coefficient (Wildman–Crippen LogP) is 5.28. The van der Waals surface area contributed by atoms with Crippen LogP contribution < -0.4 is 5.32 Å². The molecule has 0 saturated carbocycles. The molecule has 2 aromatic carbocycles. The van der Waals surface area contributed by atoms with Crippen molar-refractivity contribution in [3.05, 3.63) is 70.3 Å². The van der Waals surface area contributed by atoms with E-state index < -0.39 is 11.7 Å². The summed E-state index contributed by atoms with van der Waals surface area (Å²) in [6, 6.07) is 8.59. The minimum atomic E-state index is -4.36. The SMILES string of the molecule is Cc1cc(C)c(NC(=O)/C=C/c2ccc(C(F)(F)F)cc2)c(C)c1. The van der Waals surface area contributed by atoms with Gasteiger partial charge >= 0.3 is 6.18 Å². The Labute approximate surface area is 139 Å². The molecule has 0 bridgehead atoms. The number of carbonyl (C=O) groups is 1. The normalized spacial score (nSPS) is 11.8. The Kier molecular flexibility index (Phi) is 5.12. The molecular weight excluding hydrogens is 315 g/mol. The Morgan fingerprint density at radius 1 is 1.00 bits per heavy atom. The van der Waals surface area contributed by atoms with Crippen molar-refractivity contribution in [2.24, 2.45) is 0 Å². The zero-order valence-electron chi connectivity index (χ0n) is 13.7. The first kappa shape index (κ1) is 17.8. The molecular formula is C19H18F3NO. The van der Waals surface area contributed by atoms with E-state index >= 15 is 0 Å². The fraction of sp³-hybridized carbons (Fsp3) is 0.211. The molecule has 0 aromatic heterocycles. The highest BCUT2D eigenvalue weighted by Crippen LogP contribution is 2.29. The lowest BCUT2D eigenvalue weighted by molar-refractivity contribution is -0.137. The minimum absolute atomic E-state index is 0.329. The number of alkyl halides is 3. The molecule has 0 spiro atoms. The molecule has 0 fully saturated rings. The van der Waals surface area contributed by atoms with E-state index in [0.717, 1.165) is 34.5 Å². The highest BCUT2D eigenvalue weighted by Gasteiger charge is 2.29. The monoisotopic (exact) mass is 333 g/mol. The lowest BCUT2D eigenvalue weighted by Gasteiger charge is -2.11. The lowest BCUT2D eigenvalue weighted by Crippen LogP contribution is -2.10. The number of halogens is 3. The third kappa shape index (κ3) is 4.47. The summed E-state index contributed by atoms with van der Waals surface area (Å²) in [5.41, 5.74) is 3.60.